The van der Waals surface area contributed by atoms with E-state index in [1.807, 2.05) is 24.6 Å². The molecule has 1 atom stereocenters. The van der Waals surface area contributed by atoms with E-state index in [1.54, 1.807) is 6.92 Å². The minimum atomic E-state index is -0.840. The lowest BCUT2D eigenvalue weighted by Crippen LogP contribution is -2.47. The lowest BCUT2D eigenvalue weighted by atomic mass is 9.96. The Bertz CT molecular complexity index is 709. The van der Waals surface area contributed by atoms with E-state index in [-0.39, 0.29) is 24.3 Å². The van der Waals surface area contributed by atoms with Crippen LogP contribution in [0.2, 0.25) is 0 Å². The number of amides is 4. The van der Waals surface area contributed by atoms with Crippen molar-refractivity contribution in [2.24, 2.45) is 5.92 Å². The minimum absolute atomic E-state index is 0.192. The average molecular weight is 347 g/mol. The van der Waals surface area contributed by atoms with Gasteiger partial charge in [0.25, 0.3) is 5.91 Å². The van der Waals surface area contributed by atoms with Gasteiger partial charge < -0.3 is 10.6 Å². The summed E-state index contributed by atoms with van der Waals surface area (Å²) in [6.45, 7) is 6.64. The largest absolute Gasteiger partial charge is 0.354 e. The summed E-state index contributed by atoms with van der Waals surface area (Å²) in [5.74, 6) is -0.424. The first-order valence-corrected chi connectivity index (χ1v) is 8.73. The molecular weight excluding hydrogens is 322 g/mol. The van der Waals surface area contributed by atoms with Crippen molar-refractivity contribution in [3.63, 3.8) is 0 Å². The molecule has 0 spiro atoms. The molecule has 0 aromatic carbocycles. The van der Waals surface area contributed by atoms with Crippen molar-refractivity contribution >= 4 is 17.8 Å². The minimum Gasteiger partial charge on any atom is -0.354 e. The molecule has 8 nitrogen and oxygen atoms in total. The SMILES string of the molecule is Cc1cc(C)n(CCCNC(=O)CN2C(=O)N[C@@](C)(C3CC3)C2=O)n1. The highest BCUT2D eigenvalue weighted by Crippen LogP contribution is 2.42. The Morgan fingerprint density at radius 3 is 2.72 bits per heavy atom. The molecule has 1 aromatic heterocycles. The van der Waals surface area contributed by atoms with E-state index in [9.17, 15) is 14.4 Å². The normalized spacial score (nSPS) is 23.1. The van der Waals surface area contributed by atoms with Crippen LogP contribution >= 0.6 is 0 Å². The molecule has 1 aliphatic heterocycles. The van der Waals surface area contributed by atoms with Crippen molar-refractivity contribution in [1.82, 2.24) is 25.3 Å². The lowest BCUT2D eigenvalue weighted by Gasteiger charge is -2.20. The summed E-state index contributed by atoms with van der Waals surface area (Å²) in [7, 11) is 0. The third-order valence-electron chi connectivity index (χ3n) is 4.97. The molecule has 8 heteroatoms. The Morgan fingerprint density at radius 2 is 2.12 bits per heavy atom. The summed E-state index contributed by atoms with van der Waals surface area (Å²) in [6, 6.07) is 1.53. The highest BCUT2D eigenvalue weighted by Gasteiger charge is 2.56. The van der Waals surface area contributed by atoms with Gasteiger partial charge in [-0.05, 0) is 52.0 Å². The van der Waals surface area contributed by atoms with Crippen molar-refractivity contribution in [2.75, 3.05) is 13.1 Å². The maximum absolute atomic E-state index is 12.5. The van der Waals surface area contributed by atoms with E-state index in [0.29, 0.717) is 13.1 Å². The van der Waals surface area contributed by atoms with Gasteiger partial charge >= 0.3 is 6.03 Å². The number of carbonyl (C=O) groups excluding carboxylic acids is 3. The number of aryl methyl sites for hydroxylation is 3. The molecule has 2 fully saturated rings. The lowest BCUT2D eigenvalue weighted by molar-refractivity contribution is -0.135. The second kappa shape index (κ2) is 6.50. The number of hydrogen-bond acceptors (Lipinski definition) is 4. The molecule has 2 N–H and O–H groups in total. The first-order chi connectivity index (χ1) is 11.8. The maximum atomic E-state index is 12.5. The van der Waals surface area contributed by atoms with Gasteiger partial charge in [0.1, 0.15) is 12.1 Å². The topological polar surface area (TPSA) is 96.3 Å². The van der Waals surface area contributed by atoms with Gasteiger partial charge in [0.15, 0.2) is 0 Å². The van der Waals surface area contributed by atoms with Crippen LogP contribution in [0.1, 0.15) is 37.6 Å². The van der Waals surface area contributed by atoms with Crippen LogP contribution in [0.15, 0.2) is 6.07 Å². The zero-order valence-electron chi connectivity index (χ0n) is 15.0. The Hall–Kier alpha value is -2.38. The summed E-state index contributed by atoms with van der Waals surface area (Å²) in [4.78, 5) is 37.6. The number of nitrogens with zero attached hydrogens (tertiary/aromatic N) is 3. The van der Waals surface area contributed by atoms with Crippen molar-refractivity contribution in [1.29, 1.82) is 0 Å². The monoisotopic (exact) mass is 347 g/mol. The predicted octanol–water partition coefficient (Wildman–Crippen LogP) is 0.727. The first-order valence-electron chi connectivity index (χ1n) is 8.73. The number of imide groups is 1. The Balaban J connectivity index is 1.44. The molecule has 0 bridgehead atoms. The first kappa shape index (κ1) is 17.4. The zero-order valence-corrected chi connectivity index (χ0v) is 15.0. The van der Waals surface area contributed by atoms with Crippen molar-refractivity contribution < 1.29 is 14.4 Å². The van der Waals surface area contributed by atoms with E-state index in [2.05, 4.69) is 15.7 Å². The summed E-state index contributed by atoms with van der Waals surface area (Å²) in [6.07, 6.45) is 2.61. The summed E-state index contributed by atoms with van der Waals surface area (Å²) < 4.78 is 1.90. The van der Waals surface area contributed by atoms with E-state index >= 15 is 0 Å². The van der Waals surface area contributed by atoms with Crippen LogP contribution in [0.3, 0.4) is 0 Å². The van der Waals surface area contributed by atoms with Crippen LogP contribution in [0, 0.1) is 19.8 Å². The number of hydrogen-bond donors (Lipinski definition) is 2. The second-order valence-electron chi connectivity index (χ2n) is 7.15. The van der Waals surface area contributed by atoms with Crippen molar-refractivity contribution in [3.8, 4) is 0 Å². The van der Waals surface area contributed by atoms with E-state index < -0.39 is 11.6 Å². The molecule has 4 amide bonds. The smallest absolute Gasteiger partial charge is 0.325 e. The van der Waals surface area contributed by atoms with Crippen LogP contribution in [-0.2, 0) is 16.1 Å². The van der Waals surface area contributed by atoms with Gasteiger partial charge in [-0.2, -0.15) is 5.10 Å². The third kappa shape index (κ3) is 3.52. The third-order valence-corrected chi connectivity index (χ3v) is 4.97. The zero-order chi connectivity index (χ0) is 18.2. The summed E-state index contributed by atoms with van der Waals surface area (Å²) in [5.41, 5.74) is 1.22. The quantitative estimate of drug-likeness (QED) is 0.561. The number of urea groups is 1. The van der Waals surface area contributed by atoms with Crippen LogP contribution in [0.5, 0.6) is 0 Å². The van der Waals surface area contributed by atoms with Crippen molar-refractivity contribution in [3.05, 3.63) is 17.5 Å². The van der Waals surface area contributed by atoms with Gasteiger partial charge in [-0.25, -0.2) is 4.79 Å². The molecule has 1 aliphatic carbocycles. The molecular formula is C17H25N5O3. The Labute approximate surface area is 146 Å². The number of carbonyl (C=O) groups is 3. The molecule has 0 unspecified atom stereocenters. The molecule has 1 aromatic rings. The van der Waals surface area contributed by atoms with E-state index in [0.717, 1.165) is 35.6 Å². The Kier molecular flexibility index (Phi) is 4.53. The van der Waals surface area contributed by atoms with Crippen LogP contribution < -0.4 is 10.6 Å². The van der Waals surface area contributed by atoms with Gasteiger partial charge in [-0.15, -0.1) is 0 Å². The highest BCUT2D eigenvalue weighted by molar-refractivity contribution is 6.09. The van der Waals surface area contributed by atoms with Crippen LogP contribution in [0.4, 0.5) is 4.79 Å². The van der Waals surface area contributed by atoms with Crippen LogP contribution in [0.25, 0.3) is 0 Å². The van der Waals surface area contributed by atoms with Gasteiger partial charge in [-0.1, -0.05) is 0 Å². The molecule has 0 radical (unpaired) electrons. The van der Waals surface area contributed by atoms with Gasteiger partial charge in [-0.3, -0.25) is 19.2 Å². The maximum Gasteiger partial charge on any atom is 0.325 e. The Morgan fingerprint density at radius 1 is 1.40 bits per heavy atom. The molecule has 25 heavy (non-hydrogen) atoms. The fourth-order valence-electron chi connectivity index (χ4n) is 3.35. The fraction of sp³-hybridized carbons (Fsp3) is 0.647. The summed E-state index contributed by atoms with van der Waals surface area (Å²) in [5, 5.41) is 9.87. The predicted molar refractivity (Wildman–Crippen MR) is 90.7 cm³/mol. The molecule has 2 heterocycles. The molecule has 1 saturated heterocycles. The van der Waals surface area contributed by atoms with Crippen LogP contribution in [-0.4, -0.2) is 51.2 Å². The van der Waals surface area contributed by atoms with Gasteiger partial charge in [0, 0.05) is 18.8 Å². The molecule has 136 valence electrons. The van der Waals surface area contributed by atoms with Gasteiger partial charge in [0.05, 0.1) is 5.69 Å². The van der Waals surface area contributed by atoms with Gasteiger partial charge in [0.2, 0.25) is 5.91 Å². The molecule has 1 saturated carbocycles. The van der Waals surface area contributed by atoms with E-state index in [1.165, 1.54) is 0 Å². The summed E-state index contributed by atoms with van der Waals surface area (Å²) >= 11 is 0. The molecule has 2 aliphatic rings. The number of rotatable bonds is 7. The van der Waals surface area contributed by atoms with Crippen molar-refractivity contribution in [2.45, 2.75) is 52.1 Å². The van der Waals surface area contributed by atoms with E-state index in [4.69, 9.17) is 0 Å². The molecule has 3 rings (SSSR count). The average Bonchev–Trinajstić information content (AvgIpc) is 3.31. The number of aromatic nitrogens is 2. The fourth-order valence-corrected chi connectivity index (χ4v) is 3.35. The standard InChI is InChI=1S/C17H25N5O3/c1-11-9-12(2)22(20-11)8-4-7-18-14(23)10-21-15(24)17(3,13-5-6-13)19-16(21)25/h9,13H,4-8,10H2,1-3H3,(H,18,23)(H,19,25)/t17-/m0/s1. The highest BCUT2D eigenvalue weighted by atomic mass is 16.2. The number of nitrogens with one attached hydrogen (secondary N) is 2. The second-order valence-corrected chi connectivity index (χ2v) is 7.15.